The average molecular weight is 170 g/mol. The van der Waals surface area contributed by atoms with Crippen molar-refractivity contribution in [1.29, 1.82) is 0 Å². The first-order valence-corrected chi connectivity index (χ1v) is 4.55. The molecule has 3 nitrogen and oxygen atoms in total. The van der Waals surface area contributed by atoms with E-state index in [1.807, 2.05) is 0 Å². The molecule has 0 N–H and O–H groups in total. The number of hydrogen-bond acceptors (Lipinski definition) is 2. The van der Waals surface area contributed by atoms with Crippen molar-refractivity contribution in [3.63, 3.8) is 0 Å². The first-order chi connectivity index (χ1) is 5.84. The summed E-state index contributed by atoms with van der Waals surface area (Å²) in [4.78, 5) is 13.0. The van der Waals surface area contributed by atoms with Gasteiger partial charge in [0, 0.05) is 13.1 Å². The zero-order valence-electron chi connectivity index (χ0n) is 7.42. The zero-order chi connectivity index (χ0) is 8.81. The number of nitrogens with zero attached hydrogens (tertiary/aromatic N) is 1. The highest BCUT2D eigenvalue weighted by atomic mass is 16.6. The van der Waals surface area contributed by atoms with E-state index in [-0.39, 0.29) is 6.09 Å². The van der Waals surface area contributed by atoms with Gasteiger partial charge in [0.25, 0.3) is 0 Å². The molecule has 1 amide bonds. The molecule has 0 unspecified atom stereocenters. The van der Waals surface area contributed by atoms with Gasteiger partial charge in [-0.15, -0.1) is 0 Å². The van der Waals surface area contributed by atoms with Crippen LogP contribution in [0, 0.1) is 6.92 Å². The van der Waals surface area contributed by atoms with Gasteiger partial charge >= 0.3 is 6.09 Å². The lowest BCUT2D eigenvalue weighted by Crippen LogP contribution is -2.28. The number of amides is 1. The van der Waals surface area contributed by atoms with Crippen LogP contribution in [0.4, 0.5) is 4.79 Å². The van der Waals surface area contributed by atoms with Gasteiger partial charge in [0.15, 0.2) is 0 Å². The topological polar surface area (TPSA) is 29.5 Å². The lowest BCUT2D eigenvalue weighted by molar-refractivity contribution is 0.110. The van der Waals surface area contributed by atoms with Gasteiger partial charge in [0.2, 0.25) is 0 Å². The number of rotatable bonds is 3. The van der Waals surface area contributed by atoms with Crippen LogP contribution in [0.25, 0.3) is 0 Å². The van der Waals surface area contributed by atoms with Crippen molar-refractivity contribution in [2.45, 2.75) is 25.7 Å². The first-order valence-electron chi connectivity index (χ1n) is 4.55. The van der Waals surface area contributed by atoms with Gasteiger partial charge in [-0.2, -0.15) is 0 Å². The molecule has 1 heterocycles. The van der Waals surface area contributed by atoms with Crippen LogP contribution < -0.4 is 0 Å². The number of ether oxygens (including phenoxy) is 1. The van der Waals surface area contributed by atoms with E-state index in [0.717, 1.165) is 38.8 Å². The van der Waals surface area contributed by atoms with Crippen molar-refractivity contribution in [3.8, 4) is 0 Å². The van der Waals surface area contributed by atoms with Crippen LogP contribution in [0.5, 0.6) is 0 Å². The second kappa shape index (κ2) is 5.01. The van der Waals surface area contributed by atoms with Gasteiger partial charge in [0.05, 0.1) is 6.61 Å². The standard InChI is InChI=1S/C9H16NO2/c1-2-3-8-12-9(11)10-6-4-5-7-10/h1-8H2. The van der Waals surface area contributed by atoms with Gasteiger partial charge in [-0.05, 0) is 19.3 Å². The predicted octanol–water partition coefficient (Wildman–Crippen LogP) is 1.83. The molecule has 0 atom stereocenters. The summed E-state index contributed by atoms with van der Waals surface area (Å²) in [5, 5.41) is 0. The maximum absolute atomic E-state index is 11.2. The summed E-state index contributed by atoms with van der Waals surface area (Å²) in [7, 11) is 0. The van der Waals surface area contributed by atoms with Crippen LogP contribution in [0.15, 0.2) is 0 Å². The Hall–Kier alpha value is -0.730. The summed E-state index contributed by atoms with van der Waals surface area (Å²) in [6, 6.07) is 0. The summed E-state index contributed by atoms with van der Waals surface area (Å²) < 4.78 is 5.01. The number of carbonyl (C=O) groups is 1. The molecule has 1 aliphatic rings. The van der Waals surface area contributed by atoms with Crippen molar-refractivity contribution < 1.29 is 9.53 Å². The Morgan fingerprint density at radius 1 is 1.42 bits per heavy atom. The van der Waals surface area contributed by atoms with Crippen LogP contribution in [0.3, 0.4) is 0 Å². The SMILES string of the molecule is [CH2]CCCOC(=O)N1CCCC1. The quantitative estimate of drug-likeness (QED) is 0.605. The monoisotopic (exact) mass is 170 g/mol. The highest BCUT2D eigenvalue weighted by molar-refractivity contribution is 5.67. The Bertz CT molecular complexity index is 141. The van der Waals surface area contributed by atoms with Crippen LogP contribution in [0.2, 0.25) is 0 Å². The molecule has 0 saturated carbocycles. The molecule has 0 bridgehead atoms. The van der Waals surface area contributed by atoms with Crippen LogP contribution in [-0.4, -0.2) is 30.7 Å². The minimum Gasteiger partial charge on any atom is -0.449 e. The Labute approximate surface area is 73.7 Å². The first kappa shape index (κ1) is 9.36. The molecule has 69 valence electrons. The van der Waals surface area contributed by atoms with Gasteiger partial charge in [-0.3, -0.25) is 0 Å². The second-order valence-electron chi connectivity index (χ2n) is 3.02. The van der Waals surface area contributed by atoms with Crippen molar-refractivity contribution in [1.82, 2.24) is 4.90 Å². The van der Waals surface area contributed by atoms with E-state index in [0.29, 0.717) is 6.61 Å². The van der Waals surface area contributed by atoms with Gasteiger partial charge in [-0.1, -0.05) is 13.3 Å². The average Bonchev–Trinajstić information content (AvgIpc) is 2.56. The summed E-state index contributed by atoms with van der Waals surface area (Å²) in [5.41, 5.74) is 0. The predicted molar refractivity (Wildman–Crippen MR) is 46.7 cm³/mol. The third-order valence-corrected chi connectivity index (χ3v) is 1.98. The summed E-state index contributed by atoms with van der Waals surface area (Å²) in [5.74, 6) is 0. The molecule has 0 spiro atoms. The Morgan fingerprint density at radius 3 is 2.67 bits per heavy atom. The third kappa shape index (κ3) is 2.72. The molecular formula is C9H16NO2. The van der Waals surface area contributed by atoms with Gasteiger partial charge in [-0.25, -0.2) is 4.79 Å². The molecular weight excluding hydrogens is 154 g/mol. The second-order valence-corrected chi connectivity index (χ2v) is 3.02. The number of carbonyl (C=O) groups excluding carboxylic acids is 1. The molecule has 1 fully saturated rings. The van der Waals surface area contributed by atoms with Gasteiger partial charge < -0.3 is 9.64 Å². The molecule has 3 heteroatoms. The maximum atomic E-state index is 11.2. The molecule has 0 aromatic carbocycles. The lowest BCUT2D eigenvalue weighted by Gasteiger charge is -2.14. The largest absolute Gasteiger partial charge is 0.449 e. The van der Waals surface area contributed by atoms with E-state index in [9.17, 15) is 4.79 Å². The summed E-state index contributed by atoms with van der Waals surface area (Å²) in [6.45, 7) is 5.92. The van der Waals surface area contributed by atoms with E-state index in [4.69, 9.17) is 4.74 Å². The molecule has 0 aliphatic carbocycles. The Balaban J connectivity index is 2.10. The normalized spacial score (nSPS) is 16.6. The minimum atomic E-state index is -0.152. The number of hydrogen-bond donors (Lipinski definition) is 0. The summed E-state index contributed by atoms with van der Waals surface area (Å²) >= 11 is 0. The molecule has 1 aliphatic heterocycles. The van der Waals surface area contributed by atoms with Crippen molar-refractivity contribution in [2.75, 3.05) is 19.7 Å². The summed E-state index contributed by atoms with van der Waals surface area (Å²) in [6.07, 6.45) is 3.77. The van der Waals surface area contributed by atoms with E-state index in [1.54, 1.807) is 4.90 Å². The van der Waals surface area contributed by atoms with Crippen molar-refractivity contribution >= 4 is 6.09 Å². The molecule has 1 radical (unpaired) electrons. The van der Waals surface area contributed by atoms with Crippen molar-refractivity contribution in [3.05, 3.63) is 6.92 Å². The molecule has 0 aromatic rings. The van der Waals surface area contributed by atoms with Crippen molar-refractivity contribution in [2.24, 2.45) is 0 Å². The molecule has 1 saturated heterocycles. The fraction of sp³-hybridized carbons (Fsp3) is 0.778. The van der Waals surface area contributed by atoms with E-state index in [1.165, 1.54) is 0 Å². The zero-order valence-corrected chi connectivity index (χ0v) is 7.42. The van der Waals surface area contributed by atoms with Crippen LogP contribution in [-0.2, 0) is 4.74 Å². The highest BCUT2D eigenvalue weighted by Gasteiger charge is 2.18. The maximum Gasteiger partial charge on any atom is 0.409 e. The molecule has 0 aromatic heterocycles. The highest BCUT2D eigenvalue weighted by Crippen LogP contribution is 2.08. The third-order valence-electron chi connectivity index (χ3n) is 1.98. The lowest BCUT2D eigenvalue weighted by atomic mass is 10.4. The van der Waals surface area contributed by atoms with E-state index in [2.05, 4.69) is 6.92 Å². The minimum absolute atomic E-state index is 0.152. The van der Waals surface area contributed by atoms with E-state index >= 15 is 0 Å². The molecule has 12 heavy (non-hydrogen) atoms. The van der Waals surface area contributed by atoms with E-state index < -0.39 is 0 Å². The van der Waals surface area contributed by atoms with Gasteiger partial charge in [0.1, 0.15) is 0 Å². The number of unbranched alkanes of at least 4 members (excludes halogenated alkanes) is 1. The number of likely N-dealkylation sites (tertiary alicyclic amines) is 1. The van der Waals surface area contributed by atoms with Crippen LogP contribution in [0.1, 0.15) is 25.7 Å². The van der Waals surface area contributed by atoms with Crippen LogP contribution >= 0.6 is 0 Å². The Kier molecular flexibility index (Phi) is 3.91. The fourth-order valence-electron chi connectivity index (χ4n) is 1.25. The fourth-order valence-corrected chi connectivity index (χ4v) is 1.25. The molecule has 1 rings (SSSR count). The smallest absolute Gasteiger partial charge is 0.409 e. The Morgan fingerprint density at radius 2 is 2.08 bits per heavy atom.